The number of thiazole rings is 1. The molecule has 2 amide bonds. The summed E-state index contributed by atoms with van der Waals surface area (Å²) in [7, 11) is 2.05. The molecule has 218 valence electrons. The number of aromatic nitrogens is 1. The minimum absolute atomic E-state index is 0.0449. The van der Waals surface area contributed by atoms with E-state index in [9.17, 15) is 14.7 Å². The van der Waals surface area contributed by atoms with Crippen molar-refractivity contribution in [1.29, 1.82) is 0 Å². The first-order valence-electron chi connectivity index (χ1n) is 14.1. The van der Waals surface area contributed by atoms with E-state index in [1.165, 1.54) is 16.9 Å². The maximum atomic E-state index is 13.8. The number of hydrogen-bond donors (Lipinski definition) is 2. The van der Waals surface area contributed by atoms with Crippen LogP contribution in [-0.4, -0.2) is 70.6 Å². The van der Waals surface area contributed by atoms with Gasteiger partial charge in [0.2, 0.25) is 0 Å². The molecule has 3 aromatic carbocycles. The van der Waals surface area contributed by atoms with Gasteiger partial charge >= 0.3 is 0 Å². The van der Waals surface area contributed by atoms with E-state index in [1.807, 2.05) is 49.7 Å². The van der Waals surface area contributed by atoms with E-state index in [1.54, 1.807) is 41.4 Å². The molecule has 1 aliphatic rings. The monoisotopic (exact) mass is 584 g/mol. The van der Waals surface area contributed by atoms with Crippen molar-refractivity contribution in [3.63, 3.8) is 0 Å². The lowest BCUT2D eigenvalue weighted by molar-refractivity contribution is 0.0343. The van der Waals surface area contributed by atoms with Crippen LogP contribution in [0.3, 0.4) is 0 Å². The quantitative estimate of drug-likeness (QED) is 0.273. The average Bonchev–Trinajstić information content (AvgIpc) is 3.55. The molecule has 2 N–H and O–H groups in total. The van der Waals surface area contributed by atoms with Crippen LogP contribution in [0.2, 0.25) is 0 Å². The molecule has 0 bridgehead atoms. The van der Waals surface area contributed by atoms with Crippen LogP contribution in [0.5, 0.6) is 5.75 Å². The lowest BCUT2D eigenvalue weighted by Gasteiger charge is -2.38. The van der Waals surface area contributed by atoms with E-state index in [0.717, 1.165) is 17.1 Å². The molecule has 1 aliphatic heterocycles. The second-order valence-electron chi connectivity index (χ2n) is 10.9. The van der Waals surface area contributed by atoms with Crippen LogP contribution in [0.1, 0.15) is 40.1 Å². The van der Waals surface area contributed by atoms with Gasteiger partial charge in [0.15, 0.2) is 5.75 Å². The third kappa shape index (κ3) is 6.70. The van der Waals surface area contributed by atoms with Crippen LogP contribution in [0.25, 0.3) is 10.6 Å². The Morgan fingerprint density at radius 1 is 1.14 bits per heavy atom. The molecule has 42 heavy (non-hydrogen) atoms. The number of aliphatic hydroxyl groups is 1. The molecule has 0 radical (unpaired) electrons. The zero-order valence-electron chi connectivity index (χ0n) is 24.1. The highest BCUT2D eigenvalue weighted by atomic mass is 32.1. The number of para-hydroxylation sites is 1. The number of benzene rings is 3. The van der Waals surface area contributed by atoms with E-state index in [0.29, 0.717) is 35.7 Å². The normalized spacial score (nSPS) is 17.6. The molecule has 8 nitrogen and oxygen atoms in total. The van der Waals surface area contributed by atoms with Crippen molar-refractivity contribution in [2.45, 2.75) is 32.5 Å². The number of aliphatic hydroxyl groups excluding tert-OH is 1. The summed E-state index contributed by atoms with van der Waals surface area (Å²) in [6.07, 6.45) is 1.47. The second-order valence-corrected chi connectivity index (χ2v) is 11.8. The number of carbonyl (C=O) groups is 2. The molecule has 0 saturated heterocycles. The fourth-order valence-corrected chi connectivity index (χ4v) is 5.80. The Morgan fingerprint density at radius 3 is 2.60 bits per heavy atom. The first-order valence-corrected chi connectivity index (χ1v) is 15.0. The van der Waals surface area contributed by atoms with Crippen molar-refractivity contribution in [1.82, 2.24) is 14.8 Å². The number of amides is 2. The number of fused-ring (bicyclic) bond motifs is 1. The molecule has 4 aromatic rings. The fraction of sp³-hybridized carbons (Fsp3) is 0.303. The lowest BCUT2D eigenvalue weighted by atomic mass is 9.98. The third-order valence-corrected chi connectivity index (χ3v) is 8.37. The van der Waals surface area contributed by atoms with Crippen LogP contribution in [-0.2, 0) is 6.54 Å². The van der Waals surface area contributed by atoms with Gasteiger partial charge in [-0.1, -0.05) is 55.5 Å². The van der Waals surface area contributed by atoms with Crippen LogP contribution < -0.4 is 10.1 Å². The van der Waals surface area contributed by atoms with Crippen molar-refractivity contribution < 1.29 is 19.4 Å². The Hall–Kier alpha value is -4.05. The molecule has 1 aromatic heterocycles. The highest BCUT2D eigenvalue weighted by molar-refractivity contribution is 7.13. The molecule has 0 spiro atoms. The first-order chi connectivity index (χ1) is 20.3. The summed E-state index contributed by atoms with van der Waals surface area (Å²) in [5.41, 5.74) is 3.40. The smallest absolute Gasteiger partial charge is 0.258 e. The standard InChI is InChI=1S/C33H36N4O4S/c1-22-18-37(23(2)21-38)33(40)27-10-7-11-28(30(27)41-29(22)20-36(3)19-24-8-5-4-6-9-24)35-31(39)25-12-14-26(15-13-25)32-34-16-17-42-32/h4-17,22-23,29,38H,18-21H2,1-3H3,(H,35,39)/t22-,23+,29-/m0/s1. The Morgan fingerprint density at radius 2 is 1.90 bits per heavy atom. The van der Waals surface area contributed by atoms with Crippen LogP contribution >= 0.6 is 11.3 Å². The van der Waals surface area contributed by atoms with Gasteiger partial charge in [-0.3, -0.25) is 14.5 Å². The minimum atomic E-state index is -0.372. The summed E-state index contributed by atoms with van der Waals surface area (Å²) in [6.45, 7) is 5.52. The van der Waals surface area contributed by atoms with Gasteiger partial charge in [-0.05, 0) is 43.8 Å². The Bertz CT molecular complexity index is 1490. The third-order valence-electron chi connectivity index (χ3n) is 7.55. The number of anilines is 1. The van der Waals surface area contributed by atoms with Gasteiger partial charge in [0.1, 0.15) is 11.1 Å². The summed E-state index contributed by atoms with van der Waals surface area (Å²) < 4.78 is 6.65. The maximum absolute atomic E-state index is 13.8. The first kappa shape index (κ1) is 29.4. The van der Waals surface area contributed by atoms with Gasteiger partial charge in [0.25, 0.3) is 11.8 Å². The zero-order valence-corrected chi connectivity index (χ0v) is 24.9. The Labute approximate surface area is 250 Å². The average molecular weight is 585 g/mol. The highest BCUT2D eigenvalue weighted by Gasteiger charge is 2.34. The minimum Gasteiger partial charge on any atom is -0.486 e. The van der Waals surface area contributed by atoms with Crippen LogP contribution in [0.15, 0.2) is 84.4 Å². The predicted octanol–water partition coefficient (Wildman–Crippen LogP) is 5.41. The SMILES string of the molecule is C[C@H](CO)N1C[C@H](C)[C@H](CN(C)Cc2ccccc2)Oc2c(NC(=O)c3ccc(-c4nccs4)cc3)cccc2C1=O. The maximum Gasteiger partial charge on any atom is 0.258 e. The fourth-order valence-electron chi connectivity index (χ4n) is 5.15. The van der Waals surface area contributed by atoms with Gasteiger partial charge in [-0.2, -0.15) is 0 Å². The zero-order chi connectivity index (χ0) is 29.6. The molecule has 0 fully saturated rings. The molecule has 0 saturated carbocycles. The van der Waals surface area contributed by atoms with Crippen molar-refractivity contribution in [3.05, 3.63) is 101 Å². The van der Waals surface area contributed by atoms with Crippen molar-refractivity contribution in [2.24, 2.45) is 5.92 Å². The van der Waals surface area contributed by atoms with Crippen LogP contribution in [0, 0.1) is 5.92 Å². The highest BCUT2D eigenvalue weighted by Crippen LogP contribution is 2.35. The second kappa shape index (κ2) is 13.3. The molecule has 0 aliphatic carbocycles. The summed E-state index contributed by atoms with van der Waals surface area (Å²) in [5, 5.41) is 15.7. The summed E-state index contributed by atoms with van der Waals surface area (Å²) in [4.78, 5) is 35.4. The number of rotatable bonds is 9. The number of nitrogens with zero attached hydrogens (tertiary/aromatic N) is 3. The van der Waals surface area contributed by atoms with Crippen molar-refractivity contribution in [3.8, 4) is 16.3 Å². The van der Waals surface area contributed by atoms with Crippen molar-refractivity contribution in [2.75, 3.05) is 32.1 Å². The molecular weight excluding hydrogens is 548 g/mol. The summed E-state index contributed by atoms with van der Waals surface area (Å²) in [5.74, 6) is -0.247. The largest absolute Gasteiger partial charge is 0.486 e. The molecule has 3 atom stereocenters. The van der Waals surface area contributed by atoms with Crippen LogP contribution in [0.4, 0.5) is 5.69 Å². The van der Waals surface area contributed by atoms with E-state index in [4.69, 9.17) is 4.74 Å². The van der Waals surface area contributed by atoms with Gasteiger partial charge < -0.3 is 20.1 Å². The molecule has 0 unspecified atom stereocenters. The Kier molecular flexibility index (Phi) is 9.31. The number of nitrogens with one attached hydrogen (secondary N) is 1. The van der Waals surface area contributed by atoms with Gasteiger partial charge in [-0.25, -0.2) is 4.98 Å². The van der Waals surface area contributed by atoms with Crippen molar-refractivity contribution >= 4 is 28.8 Å². The van der Waals surface area contributed by atoms with Gasteiger partial charge in [-0.15, -0.1) is 11.3 Å². The molecule has 5 rings (SSSR count). The summed E-state index contributed by atoms with van der Waals surface area (Å²) >= 11 is 1.54. The van der Waals surface area contributed by atoms with E-state index in [-0.39, 0.29) is 36.5 Å². The topological polar surface area (TPSA) is 95.0 Å². The predicted molar refractivity (Wildman–Crippen MR) is 166 cm³/mol. The number of carbonyl (C=O) groups excluding carboxylic acids is 2. The number of ether oxygens (including phenoxy) is 1. The van der Waals surface area contributed by atoms with E-state index in [2.05, 4.69) is 34.3 Å². The van der Waals surface area contributed by atoms with E-state index < -0.39 is 0 Å². The Balaban J connectivity index is 1.43. The number of likely N-dealkylation sites (N-methyl/N-ethyl adjacent to an activating group) is 1. The molecule has 9 heteroatoms. The van der Waals surface area contributed by atoms with E-state index >= 15 is 0 Å². The lowest BCUT2D eigenvalue weighted by Crippen LogP contribution is -2.49. The summed E-state index contributed by atoms with van der Waals surface area (Å²) in [6, 6.07) is 22.3. The number of hydrogen-bond acceptors (Lipinski definition) is 7. The molecule has 2 heterocycles. The molecular formula is C33H36N4O4S. The van der Waals surface area contributed by atoms with Gasteiger partial charge in [0, 0.05) is 48.3 Å². The van der Waals surface area contributed by atoms with Gasteiger partial charge in [0.05, 0.1) is 23.9 Å².